The Hall–Kier alpha value is -3.81. The first-order valence-electron chi connectivity index (χ1n) is 9.10. The van der Waals surface area contributed by atoms with Crippen molar-refractivity contribution in [3.05, 3.63) is 77.4 Å². The Morgan fingerprint density at radius 2 is 1.86 bits per heavy atom. The third kappa shape index (κ3) is 3.77. The highest BCUT2D eigenvalue weighted by atomic mass is 19.1. The first kappa shape index (κ1) is 18.5. The highest BCUT2D eigenvalue weighted by Crippen LogP contribution is 2.23. The van der Waals surface area contributed by atoms with Crippen LogP contribution in [0.1, 0.15) is 28.7 Å². The number of nitrogens with one attached hydrogen (secondary N) is 1. The van der Waals surface area contributed by atoms with Crippen molar-refractivity contribution < 1.29 is 13.7 Å². The largest absolute Gasteiger partial charge is 0.338 e. The third-order valence-electron chi connectivity index (χ3n) is 4.59. The van der Waals surface area contributed by atoms with Crippen molar-refractivity contribution in [2.75, 3.05) is 5.32 Å². The van der Waals surface area contributed by atoms with Gasteiger partial charge in [0.1, 0.15) is 11.5 Å². The normalized spacial score (nSPS) is 10.9. The molecule has 1 amide bonds. The molecule has 1 N–H and O–H groups in total. The number of halogens is 1. The molecular weight excluding hydrogens is 373 g/mol. The predicted molar refractivity (Wildman–Crippen MR) is 105 cm³/mol. The quantitative estimate of drug-likeness (QED) is 0.551. The molecule has 0 fully saturated rings. The van der Waals surface area contributed by atoms with E-state index in [2.05, 4.69) is 27.7 Å². The van der Waals surface area contributed by atoms with Gasteiger partial charge in [-0.05, 0) is 43.2 Å². The molecule has 8 heteroatoms. The molecule has 0 bridgehead atoms. The van der Waals surface area contributed by atoms with Crippen LogP contribution >= 0.6 is 0 Å². The first-order valence-corrected chi connectivity index (χ1v) is 9.10. The number of carbonyl (C=O) groups excluding carboxylic acids is 1. The van der Waals surface area contributed by atoms with Crippen LogP contribution in [-0.2, 0) is 6.42 Å². The van der Waals surface area contributed by atoms with Crippen LogP contribution in [0, 0.1) is 12.7 Å². The van der Waals surface area contributed by atoms with Crippen molar-refractivity contribution in [2.45, 2.75) is 20.3 Å². The fourth-order valence-electron chi connectivity index (χ4n) is 2.92. The van der Waals surface area contributed by atoms with Crippen molar-refractivity contribution in [3.8, 4) is 16.9 Å². The molecule has 0 saturated carbocycles. The van der Waals surface area contributed by atoms with Gasteiger partial charge >= 0.3 is 0 Å². The van der Waals surface area contributed by atoms with Crippen LogP contribution in [0.15, 0.2) is 59.1 Å². The Balaban J connectivity index is 1.51. The topological polar surface area (TPSA) is 85.8 Å². The molecule has 29 heavy (non-hydrogen) atoms. The van der Waals surface area contributed by atoms with Gasteiger partial charge in [0.15, 0.2) is 5.69 Å². The van der Waals surface area contributed by atoms with Crippen LogP contribution in [0.2, 0.25) is 0 Å². The molecule has 0 radical (unpaired) electrons. The second-order valence-electron chi connectivity index (χ2n) is 6.49. The highest BCUT2D eigenvalue weighted by Gasteiger charge is 2.19. The van der Waals surface area contributed by atoms with Crippen LogP contribution in [0.5, 0.6) is 0 Å². The van der Waals surface area contributed by atoms with Gasteiger partial charge in [0.25, 0.3) is 5.91 Å². The van der Waals surface area contributed by atoms with E-state index in [1.54, 1.807) is 25.1 Å². The third-order valence-corrected chi connectivity index (χ3v) is 4.59. The smallest absolute Gasteiger partial charge is 0.280 e. The molecule has 0 spiro atoms. The maximum Gasteiger partial charge on any atom is 0.280 e. The Kier molecular flexibility index (Phi) is 4.90. The molecule has 2 aromatic heterocycles. The van der Waals surface area contributed by atoms with E-state index in [4.69, 9.17) is 4.52 Å². The molecule has 0 aliphatic rings. The molecule has 4 aromatic rings. The van der Waals surface area contributed by atoms with E-state index in [-0.39, 0.29) is 17.4 Å². The summed E-state index contributed by atoms with van der Waals surface area (Å²) in [6, 6.07) is 15.4. The summed E-state index contributed by atoms with van der Waals surface area (Å²) in [6.45, 7) is 3.80. The molecule has 4 rings (SSSR count). The predicted octanol–water partition coefficient (Wildman–Crippen LogP) is 4.18. The van der Waals surface area contributed by atoms with Gasteiger partial charge in [-0.1, -0.05) is 41.6 Å². The number of benzene rings is 2. The van der Waals surface area contributed by atoms with Crippen LogP contribution in [0.4, 0.5) is 10.3 Å². The Bertz CT molecular complexity index is 1150. The fourth-order valence-corrected chi connectivity index (χ4v) is 2.92. The summed E-state index contributed by atoms with van der Waals surface area (Å²) < 4.78 is 19.8. The minimum Gasteiger partial charge on any atom is -0.338 e. The molecule has 2 aromatic carbocycles. The number of hydrogen-bond donors (Lipinski definition) is 1. The highest BCUT2D eigenvalue weighted by molar-refractivity contribution is 6.03. The van der Waals surface area contributed by atoms with E-state index in [9.17, 15) is 9.18 Å². The van der Waals surface area contributed by atoms with Crippen molar-refractivity contribution >= 4 is 11.8 Å². The molecular formula is C21H18FN5O2. The molecule has 2 heterocycles. The zero-order valence-electron chi connectivity index (χ0n) is 15.9. The van der Waals surface area contributed by atoms with Gasteiger partial charge in [-0.25, -0.2) is 9.07 Å². The molecule has 0 atom stereocenters. The number of nitrogens with zero attached hydrogens (tertiary/aromatic N) is 4. The maximum atomic E-state index is 13.1. The lowest BCUT2D eigenvalue weighted by atomic mass is 10.1. The molecule has 0 saturated heterocycles. The van der Waals surface area contributed by atoms with Gasteiger partial charge in [-0.2, -0.15) is 0 Å². The monoisotopic (exact) mass is 391 g/mol. The zero-order chi connectivity index (χ0) is 20.4. The lowest BCUT2D eigenvalue weighted by molar-refractivity contribution is 0.101. The second kappa shape index (κ2) is 7.67. The molecule has 0 aliphatic carbocycles. The minimum absolute atomic E-state index is 0.138. The van der Waals surface area contributed by atoms with Crippen LogP contribution in [0.25, 0.3) is 16.9 Å². The number of rotatable bonds is 5. The molecule has 0 unspecified atom stereocenters. The zero-order valence-corrected chi connectivity index (χ0v) is 15.9. The lowest BCUT2D eigenvalue weighted by Gasteiger charge is -2.03. The SMILES string of the molecule is CCc1ccc(-c2cc(NC(=O)c3nnn(-c4ccc(F)cc4)c3C)on2)cc1. The van der Waals surface area contributed by atoms with Gasteiger partial charge in [-0.3, -0.25) is 10.1 Å². The Labute approximate surface area is 166 Å². The fraction of sp³-hybridized carbons (Fsp3) is 0.143. The number of aromatic nitrogens is 4. The minimum atomic E-state index is -0.472. The van der Waals surface area contributed by atoms with Gasteiger partial charge in [0.2, 0.25) is 5.88 Å². The summed E-state index contributed by atoms with van der Waals surface area (Å²) in [5, 5.41) is 14.6. The summed E-state index contributed by atoms with van der Waals surface area (Å²) in [4.78, 5) is 12.6. The maximum absolute atomic E-state index is 13.1. The summed E-state index contributed by atoms with van der Waals surface area (Å²) in [5.41, 5.74) is 4.00. The average Bonchev–Trinajstić information content (AvgIpc) is 3.35. The summed E-state index contributed by atoms with van der Waals surface area (Å²) >= 11 is 0. The Morgan fingerprint density at radius 3 is 2.55 bits per heavy atom. The van der Waals surface area contributed by atoms with Gasteiger partial charge in [0, 0.05) is 11.6 Å². The van der Waals surface area contributed by atoms with Crippen molar-refractivity contribution in [2.24, 2.45) is 0 Å². The van der Waals surface area contributed by atoms with E-state index in [0.29, 0.717) is 17.1 Å². The number of amides is 1. The average molecular weight is 391 g/mol. The van der Waals surface area contributed by atoms with E-state index < -0.39 is 5.91 Å². The van der Waals surface area contributed by atoms with Crippen LogP contribution in [0.3, 0.4) is 0 Å². The summed E-state index contributed by atoms with van der Waals surface area (Å²) in [7, 11) is 0. The number of hydrogen-bond acceptors (Lipinski definition) is 5. The second-order valence-corrected chi connectivity index (χ2v) is 6.49. The van der Waals surface area contributed by atoms with E-state index >= 15 is 0 Å². The molecule has 0 aliphatic heterocycles. The summed E-state index contributed by atoms with van der Waals surface area (Å²) in [5.74, 6) is -0.616. The number of aryl methyl sites for hydroxylation is 1. The standard InChI is InChI=1S/C21H18FN5O2/c1-3-14-4-6-15(7-5-14)18-12-19(29-25-18)23-21(28)20-13(2)27(26-24-20)17-10-8-16(22)9-11-17/h4-12H,3H2,1-2H3,(H,23,28). The van der Waals surface area contributed by atoms with E-state index in [1.807, 2.05) is 24.3 Å². The molecule has 7 nitrogen and oxygen atoms in total. The Morgan fingerprint density at radius 1 is 1.14 bits per heavy atom. The first-order chi connectivity index (χ1) is 14.0. The van der Waals surface area contributed by atoms with E-state index in [0.717, 1.165) is 12.0 Å². The van der Waals surface area contributed by atoms with Gasteiger partial charge in [-0.15, -0.1) is 5.10 Å². The van der Waals surface area contributed by atoms with Crippen molar-refractivity contribution in [3.63, 3.8) is 0 Å². The van der Waals surface area contributed by atoms with E-state index in [1.165, 1.54) is 22.4 Å². The number of anilines is 1. The van der Waals surface area contributed by atoms with Gasteiger partial charge < -0.3 is 4.52 Å². The lowest BCUT2D eigenvalue weighted by Crippen LogP contribution is -2.13. The van der Waals surface area contributed by atoms with Crippen molar-refractivity contribution in [1.82, 2.24) is 20.2 Å². The van der Waals surface area contributed by atoms with Gasteiger partial charge in [0.05, 0.1) is 11.4 Å². The van der Waals surface area contributed by atoms with Crippen LogP contribution in [-0.4, -0.2) is 26.1 Å². The van der Waals surface area contributed by atoms with Crippen molar-refractivity contribution in [1.29, 1.82) is 0 Å². The summed E-state index contributed by atoms with van der Waals surface area (Å²) in [6.07, 6.45) is 0.957. The van der Waals surface area contributed by atoms with Crippen LogP contribution < -0.4 is 5.32 Å². The molecule has 146 valence electrons. The number of carbonyl (C=O) groups is 1.